The van der Waals surface area contributed by atoms with E-state index in [1.807, 2.05) is 18.3 Å². The molecule has 0 aliphatic carbocycles. The number of hydrogen-bond acceptors (Lipinski definition) is 5. The van der Waals surface area contributed by atoms with Crippen LogP contribution in [0.4, 0.5) is 0 Å². The third-order valence-electron chi connectivity index (χ3n) is 4.29. The van der Waals surface area contributed by atoms with E-state index < -0.39 is 0 Å². The third kappa shape index (κ3) is 3.34. The molecule has 0 saturated heterocycles. The van der Waals surface area contributed by atoms with Crippen LogP contribution in [-0.4, -0.2) is 49.2 Å². The molecule has 0 spiro atoms. The maximum atomic E-state index is 4.40. The summed E-state index contributed by atoms with van der Waals surface area (Å²) >= 11 is 0. The molecule has 0 fully saturated rings. The minimum Gasteiger partial charge on any atom is -0.312 e. The second kappa shape index (κ2) is 6.54. The number of fused-ring (bicyclic) bond motifs is 1. The quantitative estimate of drug-likeness (QED) is 0.838. The lowest BCUT2D eigenvalue weighted by molar-refractivity contribution is 0.199. The van der Waals surface area contributed by atoms with E-state index >= 15 is 0 Å². The van der Waals surface area contributed by atoms with Crippen LogP contribution in [0.2, 0.25) is 0 Å². The van der Waals surface area contributed by atoms with Gasteiger partial charge in [-0.3, -0.25) is 14.8 Å². The highest BCUT2D eigenvalue weighted by Crippen LogP contribution is 2.15. The van der Waals surface area contributed by atoms with Crippen molar-refractivity contribution in [3.05, 3.63) is 41.7 Å². The highest BCUT2D eigenvalue weighted by molar-refractivity contribution is 5.05. The molecule has 118 valence electrons. The summed E-state index contributed by atoms with van der Waals surface area (Å²) in [4.78, 5) is 9.07. The van der Waals surface area contributed by atoms with Crippen LogP contribution < -0.4 is 0 Å². The SMILES string of the molecule is CC(C)N(C)Cc1nnc2n1CCN(Cc1ccccn1)C2. The van der Waals surface area contributed by atoms with Crippen molar-refractivity contribution in [3.8, 4) is 0 Å². The standard InChI is InChI=1S/C16H24N6/c1-13(2)20(3)11-15-18-19-16-12-21(8-9-22(15)16)10-14-6-4-5-7-17-14/h4-7,13H,8-12H2,1-3H3. The topological polar surface area (TPSA) is 50.1 Å². The fourth-order valence-electron chi connectivity index (χ4n) is 2.65. The number of rotatable bonds is 5. The Labute approximate surface area is 131 Å². The summed E-state index contributed by atoms with van der Waals surface area (Å²) in [6, 6.07) is 6.57. The van der Waals surface area contributed by atoms with Crippen molar-refractivity contribution in [2.75, 3.05) is 13.6 Å². The van der Waals surface area contributed by atoms with Crippen LogP contribution >= 0.6 is 0 Å². The molecule has 3 rings (SSSR count). The molecular weight excluding hydrogens is 276 g/mol. The Morgan fingerprint density at radius 1 is 1.23 bits per heavy atom. The average Bonchev–Trinajstić information content (AvgIpc) is 2.90. The van der Waals surface area contributed by atoms with Crippen LogP contribution in [0.25, 0.3) is 0 Å². The molecule has 22 heavy (non-hydrogen) atoms. The van der Waals surface area contributed by atoms with Gasteiger partial charge in [-0.1, -0.05) is 6.07 Å². The summed E-state index contributed by atoms with van der Waals surface area (Å²) < 4.78 is 2.27. The molecule has 1 aliphatic heterocycles. The van der Waals surface area contributed by atoms with Crippen molar-refractivity contribution in [2.45, 2.75) is 46.1 Å². The second-order valence-corrected chi connectivity index (χ2v) is 6.22. The molecule has 2 aromatic rings. The number of nitrogens with zero attached hydrogens (tertiary/aromatic N) is 6. The van der Waals surface area contributed by atoms with E-state index in [0.29, 0.717) is 6.04 Å². The van der Waals surface area contributed by atoms with Crippen LogP contribution in [0.15, 0.2) is 24.4 Å². The van der Waals surface area contributed by atoms with Crippen molar-refractivity contribution in [1.29, 1.82) is 0 Å². The Kier molecular flexibility index (Phi) is 4.49. The molecule has 0 unspecified atom stereocenters. The monoisotopic (exact) mass is 300 g/mol. The van der Waals surface area contributed by atoms with Gasteiger partial charge in [0.2, 0.25) is 0 Å². The van der Waals surface area contributed by atoms with E-state index in [-0.39, 0.29) is 0 Å². The average molecular weight is 300 g/mol. The molecule has 2 aromatic heterocycles. The molecule has 1 aliphatic rings. The van der Waals surface area contributed by atoms with Crippen molar-refractivity contribution in [3.63, 3.8) is 0 Å². The largest absolute Gasteiger partial charge is 0.312 e. The lowest BCUT2D eigenvalue weighted by atomic mass is 10.3. The third-order valence-corrected chi connectivity index (χ3v) is 4.29. The highest BCUT2D eigenvalue weighted by Gasteiger charge is 2.22. The van der Waals surface area contributed by atoms with E-state index in [4.69, 9.17) is 0 Å². The summed E-state index contributed by atoms with van der Waals surface area (Å²) in [5.41, 5.74) is 1.11. The first-order chi connectivity index (χ1) is 10.6. The summed E-state index contributed by atoms with van der Waals surface area (Å²) in [6.07, 6.45) is 1.85. The van der Waals surface area contributed by atoms with Gasteiger partial charge >= 0.3 is 0 Å². The number of pyridine rings is 1. The van der Waals surface area contributed by atoms with E-state index in [9.17, 15) is 0 Å². The molecule has 0 amide bonds. The minimum absolute atomic E-state index is 0.511. The van der Waals surface area contributed by atoms with E-state index in [2.05, 4.69) is 56.5 Å². The van der Waals surface area contributed by atoms with Crippen LogP contribution in [0.3, 0.4) is 0 Å². The van der Waals surface area contributed by atoms with Gasteiger partial charge in [0.05, 0.1) is 18.8 Å². The zero-order valence-electron chi connectivity index (χ0n) is 13.6. The molecule has 6 heteroatoms. The van der Waals surface area contributed by atoms with E-state index in [1.54, 1.807) is 0 Å². The van der Waals surface area contributed by atoms with Crippen molar-refractivity contribution < 1.29 is 0 Å². The zero-order chi connectivity index (χ0) is 15.5. The Balaban J connectivity index is 1.66. The van der Waals surface area contributed by atoms with Gasteiger partial charge in [0.25, 0.3) is 0 Å². The lowest BCUT2D eigenvalue weighted by Crippen LogP contribution is -2.35. The predicted molar refractivity (Wildman–Crippen MR) is 85.0 cm³/mol. The van der Waals surface area contributed by atoms with Crippen LogP contribution in [0, 0.1) is 0 Å². The summed E-state index contributed by atoms with van der Waals surface area (Å²) in [6.45, 7) is 8.93. The van der Waals surface area contributed by atoms with Crippen molar-refractivity contribution in [1.82, 2.24) is 29.5 Å². The van der Waals surface area contributed by atoms with Crippen LogP contribution in [0.5, 0.6) is 0 Å². The molecule has 3 heterocycles. The van der Waals surface area contributed by atoms with Crippen molar-refractivity contribution in [2.24, 2.45) is 0 Å². The second-order valence-electron chi connectivity index (χ2n) is 6.22. The summed E-state index contributed by atoms with van der Waals surface area (Å²) in [5.74, 6) is 2.14. The van der Waals surface area contributed by atoms with Gasteiger partial charge in [-0.25, -0.2) is 0 Å². The molecule has 0 bridgehead atoms. The molecular formula is C16H24N6. The Morgan fingerprint density at radius 2 is 2.09 bits per heavy atom. The van der Waals surface area contributed by atoms with Crippen molar-refractivity contribution >= 4 is 0 Å². The van der Waals surface area contributed by atoms with Gasteiger partial charge in [0, 0.05) is 31.9 Å². The normalized spacial score (nSPS) is 15.5. The predicted octanol–water partition coefficient (Wildman–Crippen LogP) is 1.53. The van der Waals surface area contributed by atoms with Gasteiger partial charge in [0.15, 0.2) is 0 Å². The minimum atomic E-state index is 0.511. The van der Waals surface area contributed by atoms with Gasteiger partial charge in [-0.2, -0.15) is 0 Å². The van der Waals surface area contributed by atoms with Crippen LogP contribution in [0.1, 0.15) is 31.2 Å². The van der Waals surface area contributed by atoms with Gasteiger partial charge in [0.1, 0.15) is 11.6 Å². The maximum absolute atomic E-state index is 4.40. The molecule has 0 aromatic carbocycles. The number of aromatic nitrogens is 4. The maximum Gasteiger partial charge on any atom is 0.147 e. The molecule has 0 N–H and O–H groups in total. The van der Waals surface area contributed by atoms with Crippen LogP contribution in [-0.2, 0) is 26.2 Å². The van der Waals surface area contributed by atoms with Gasteiger partial charge < -0.3 is 4.57 Å². The summed E-state index contributed by atoms with van der Waals surface area (Å²) in [5, 5.41) is 8.78. The fraction of sp³-hybridized carbons (Fsp3) is 0.562. The molecule has 0 atom stereocenters. The van der Waals surface area contributed by atoms with Gasteiger partial charge in [-0.15, -0.1) is 10.2 Å². The number of hydrogen-bond donors (Lipinski definition) is 0. The molecule has 0 radical (unpaired) electrons. The fourth-order valence-corrected chi connectivity index (χ4v) is 2.65. The smallest absolute Gasteiger partial charge is 0.147 e. The highest BCUT2D eigenvalue weighted by atomic mass is 15.4. The first kappa shape index (κ1) is 15.1. The first-order valence-corrected chi connectivity index (χ1v) is 7.87. The van der Waals surface area contributed by atoms with E-state index in [0.717, 1.165) is 50.1 Å². The van der Waals surface area contributed by atoms with E-state index in [1.165, 1.54) is 0 Å². The zero-order valence-corrected chi connectivity index (χ0v) is 13.6. The lowest BCUT2D eigenvalue weighted by Gasteiger charge is -2.28. The Hall–Kier alpha value is -1.79. The molecule has 0 saturated carbocycles. The Morgan fingerprint density at radius 3 is 2.82 bits per heavy atom. The summed E-state index contributed by atoms with van der Waals surface area (Å²) in [7, 11) is 2.13. The van der Waals surface area contributed by atoms with Gasteiger partial charge in [-0.05, 0) is 33.0 Å². The first-order valence-electron chi connectivity index (χ1n) is 7.87. The molecule has 6 nitrogen and oxygen atoms in total. The Bertz CT molecular complexity index is 606.